The second-order valence-electron chi connectivity index (χ2n) is 18.7. The first-order valence-electron chi connectivity index (χ1n) is 23.7. The Morgan fingerprint density at radius 2 is 0.338 bits per heavy atom. The van der Waals surface area contributed by atoms with Crippen LogP contribution in [0.3, 0.4) is 0 Å². The molecule has 7 heteroatoms. The van der Waals surface area contributed by atoms with Crippen LogP contribution in [-0.2, 0) is 0 Å². The van der Waals surface area contributed by atoms with E-state index in [0.29, 0.717) is 0 Å². The standard InChI is InChI=1S/3C16H12N2.C16H11N/c17-13-8-4-10-2-6-12-14(18)7-3-9-1-5-11(13)16(10)15(9)12;17-13-7-3-9-1-2-10-4-8-14(18)12-6-5-11(13)15(9)16(10)12;17-13-8-14(18)12-7-5-10-3-1-2-9-4-6-11(13)16(12)15(9)10;17-14-9-7-12-5-4-10-2-1-3-11-6-8-13(14)16(12)15(10)11/h3*1-8H,17-18H2;1-9H,17H2. The average molecular weight is 914 g/mol. The largest absolute Gasteiger partial charge is 0.398 e. The van der Waals surface area contributed by atoms with Crippen molar-refractivity contribution >= 4 is 169 Å². The first kappa shape index (κ1) is 41.5. The predicted octanol–water partition coefficient (Wildman–Crippen LogP) is 15.4. The van der Waals surface area contributed by atoms with E-state index in [1.807, 2.05) is 36.4 Å². The Balaban J connectivity index is 0.0000000924. The number of hydrogen-bond donors (Lipinski definition) is 7. The second kappa shape index (κ2) is 15.7. The van der Waals surface area contributed by atoms with Gasteiger partial charge in [0.2, 0.25) is 0 Å². The van der Waals surface area contributed by atoms with Gasteiger partial charge in [-0.15, -0.1) is 0 Å². The van der Waals surface area contributed by atoms with Gasteiger partial charge in [-0.05, 0) is 123 Å². The molecule has 71 heavy (non-hydrogen) atoms. The summed E-state index contributed by atoms with van der Waals surface area (Å²) in [5, 5.41) is 28.8. The van der Waals surface area contributed by atoms with Crippen LogP contribution < -0.4 is 40.1 Å². The van der Waals surface area contributed by atoms with Gasteiger partial charge >= 0.3 is 0 Å². The zero-order chi connectivity index (χ0) is 48.2. The van der Waals surface area contributed by atoms with Crippen molar-refractivity contribution in [1.82, 2.24) is 0 Å². The zero-order valence-electron chi connectivity index (χ0n) is 38.6. The number of hydrogen-bond acceptors (Lipinski definition) is 7. The predicted molar refractivity (Wildman–Crippen MR) is 311 cm³/mol. The van der Waals surface area contributed by atoms with E-state index in [0.717, 1.165) is 77.5 Å². The number of anilines is 7. The van der Waals surface area contributed by atoms with Gasteiger partial charge < -0.3 is 40.1 Å². The summed E-state index contributed by atoms with van der Waals surface area (Å²) in [6.45, 7) is 0. The normalized spacial score (nSPS) is 11.8. The Kier molecular flexibility index (Phi) is 9.15. The molecule has 0 spiro atoms. The third kappa shape index (κ3) is 6.37. The molecule has 0 aliphatic carbocycles. The maximum absolute atomic E-state index is 6.09. The highest BCUT2D eigenvalue weighted by Gasteiger charge is 2.15. The van der Waals surface area contributed by atoms with Gasteiger partial charge in [0, 0.05) is 82.9 Å². The van der Waals surface area contributed by atoms with Crippen molar-refractivity contribution in [3.05, 3.63) is 200 Å². The van der Waals surface area contributed by atoms with Crippen molar-refractivity contribution in [2.24, 2.45) is 0 Å². The third-order valence-corrected chi connectivity index (χ3v) is 14.7. The molecular formula is C64H47N7. The molecule has 0 saturated heterocycles. The Morgan fingerprint density at radius 1 is 0.155 bits per heavy atom. The van der Waals surface area contributed by atoms with Crippen LogP contribution in [0.5, 0.6) is 0 Å². The molecular weight excluding hydrogens is 867 g/mol. The summed E-state index contributed by atoms with van der Waals surface area (Å²) >= 11 is 0. The summed E-state index contributed by atoms with van der Waals surface area (Å²) in [7, 11) is 0. The third-order valence-electron chi connectivity index (χ3n) is 14.7. The molecule has 0 saturated carbocycles. The minimum Gasteiger partial charge on any atom is -0.398 e. The first-order chi connectivity index (χ1) is 34.6. The minimum absolute atomic E-state index is 0.748. The highest BCUT2D eigenvalue weighted by atomic mass is 14.6. The van der Waals surface area contributed by atoms with E-state index in [4.69, 9.17) is 40.1 Å². The van der Waals surface area contributed by atoms with Crippen molar-refractivity contribution < 1.29 is 0 Å². The molecule has 0 aromatic heterocycles. The molecule has 0 unspecified atom stereocenters. The van der Waals surface area contributed by atoms with Gasteiger partial charge in [-0.25, -0.2) is 0 Å². The highest BCUT2D eigenvalue weighted by Crippen LogP contribution is 2.42. The van der Waals surface area contributed by atoms with E-state index in [2.05, 4.69) is 164 Å². The van der Waals surface area contributed by atoms with E-state index < -0.39 is 0 Å². The Morgan fingerprint density at radius 3 is 0.620 bits per heavy atom. The molecule has 338 valence electrons. The quantitative estimate of drug-likeness (QED) is 0.0583. The Hall–Kier alpha value is -9.72. The van der Waals surface area contributed by atoms with Crippen molar-refractivity contribution in [1.29, 1.82) is 0 Å². The topological polar surface area (TPSA) is 182 Å². The van der Waals surface area contributed by atoms with Crippen LogP contribution in [0.2, 0.25) is 0 Å². The highest BCUT2D eigenvalue weighted by molar-refractivity contribution is 6.30. The smallest absolute Gasteiger partial charge is 0.0415 e. The van der Waals surface area contributed by atoms with Crippen LogP contribution in [-0.4, -0.2) is 0 Å². The molecule has 0 bridgehead atoms. The molecule has 16 aromatic rings. The fourth-order valence-electron chi connectivity index (χ4n) is 11.3. The Bertz CT molecular complexity index is 4410. The second-order valence-corrected chi connectivity index (χ2v) is 18.7. The van der Waals surface area contributed by atoms with Gasteiger partial charge in [0.25, 0.3) is 0 Å². The Labute approximate surface area is 407 Å². The van der Waals surface area contributed by atoms with Crippen LogP contribution in [0.1, 0.15) is 0 Å². The lowest BCUT2D eigenvalue weighted by molar-refractivity contribution is 1.74. The summed E-state index contributed by atoms with van der Waals surface area (Å²) in [5.74, 6) is 0. The summed E-state index contributed by atoms with van der Waals surface area (Å²) in [5.41, 5.74) is 48.2. The summed E-state index contributed by atoms with van der Waals surface area (Å²) in [6.07, 6.45) is 0. The van der Waals surface area contributed by atoms with Gasteiger partial charge in [-0.3, -0.25) is 0 Å². The van der Waals surface area contributed by atoms with E-state index in [-0.39, 0.29) is 0 Å². The number of nitrogens with two attached hydrogens (primary N) is 7. The van der Waals surface area contributed by atoms with Crippen LogP contribution in [0.15, 0.2) is 200 Å². The van der Waals surface area contributed by atoms with Gasteiger partial charge in [0.15, 0.2) is 0 Å². The number of benzene rings is 16. The SMILES string of the molecule is Nc1cc(N)c2ccc3cccc4ccc1c2c43.Nc1ccc2ccc3c(N)ccc4ccc1c2c43.Nc1ccc2ccc3ccc(N)c4ccc1c2c34.Nc1ccc2ccc3cccc4ccc1c2c34. The molecule has 7 nitrogen and oxygen atoms in total. The van der Waals surface area contributed by atoms with E-state index in [9.17, 15) is 0 Å². The first-order valence-corrected chi connectivity index (χ1v) is 23.7. The number of rotatable bonds is 0. The van der Waals surface area contributed by atoms with E-state index >= 15 is 0 Å². The maximum atomic E-state index is 6.09. The average Bonchev–Trinajstić information content (AvgIpc) is 3.40. The minimum atomic E-state index is 0.748. The lowest BCUT2D eigenvalue weighted by atomic mass is 9.93. The molecule has 0 aliphatic rings. The van der Waals surface area contributed by atoms with Crippen molar-refractivity contribution in [3.8, 4) is 0 Å². The summed E-state index contributed by atoms with van der Waals surface area (Å²) in [4.78, 5) is 0. The van der Waals surface area contributed by atoms with Crippen LogP contribution in [0.4, 0.5) is 39.8 Å². The molecule has 0 aliphatic heterocycles. The van der Waals surface area contributed by atoms with Gasteiger partial charge in [0.05, 0.1) is 0 Å². The van der Waals surface area contributed by atoms with Crippen molar-refractivity contribution in [2.75, 3.05) is 40.1 Å². The molecule has 16 aromatic carbocycles. The van der Waals surface area contributed by atoms with Crippen molar-refractivity contribution in [2.45, 2.75) is 0 Å². The molecule has 0 radical (unpaired) electrons. The molecule has 0 atom stereocenters. The fraction of sp³-hybridized carbons (Fsp3) is 0. The monoisotopic (exact) mass is 913 g/mol. The van der Waals surface area contributed by atoms with Crippen LogP contribution in [0.25, 0.3) is 129 Å². The van der Waals surface area contributed by atoms with Crippen LogP contribution in [0, 0.1) is 0 Å². The molecule has 0 fully saturated rings. The maximum Gasteiger partial charge on any atom is 0.0415 e. The van der Waals surface area contributed by atoms with Gasteiger partial charge in [0.1, 0.15) is 0 Å². The van der Waals surface area contributed by atoms with E-state index in [1.54, 1.807) is 0 Å². The number of nitrogen functional groups attached to an aromatic ring is 7. The fourth-order valence-corrected chi connectivity index (χ4v) is 11.3. The molecule has 14 N–H and O–H groups in total. The molecule has 0 heterocycles. The molecule has 0 amide bonds. The van der Waals surface area contributed by atoms with E-state index in [1.165, 1.54) is 91.6 Å². The van der Waals surface area contributed by atoms with Gasteiger partial charge in [-0.2, -0.15) is 0 Å². The van der Waals surface area contributed by atoms with Crippen molar-refractivity contribution in [3.63, 3.8) is 0 Å². The molecule has 16 rings (SSSR count). The summed E-state index contributed by atoms with van der Waals surface area (Å²) in [6, 6.07) is 68.7. The zero-order valence-corrected chi connectivity index (χ0v) is 38.6. The van der Waals surface area contributed by atoms with Gasteiger partial charge in [-0.1, -0.05) is 164 Å². The van der Waals surface area contributed by atoms with Crippen LogP contribution >= 0.6 is 0 Å². The summed E-state index contributed by atoms with van der Waals surface area (Å²) < 4.78 is 0. The lowest BCUT2D eigenvalue weighted by Crippen LogP contribution is -1.94. The lowest BCUT2D eigenvalue weighted by Gasteiger charge is -2.13.